The number of aromatic amines is 1. The Balaban J connectivity index is 1.52. The first-order chi connectivity index (χ1) is 16.2. The number of hydrogen-bond donors (Lipinski definition) is 1. The van der Waals surface area contributed by atoms with Crippen molar-refractivity contribution in [1.82, 2.24) is 19.6 Å². The molecule has 4 rings (SSSR count). The Kier molecular flexibility index (Phi) is 8.05. The normalized spacial score (nSPS) is 20.7. The lowest BCUT2D eigenvalue weighted by atomic mass is 9.95. The van der Waals surface area contributed by atoms with Gasteiger partial charge in [-0.15, -0.1) is 0 Å². The number of fused-ring (bicyclic) bond motifs is 3. The Labute approximate surface area is 197 Å². The minimum atomic E-state index is -0.137. The summed E-state index contributed by atoms with van der Waals surface area (Å²) in [7, 11) is 0.276. The number of nitrogens with one attached hydrogen (secondary N) is 1. The molecule has 174 valence electrons. The van der Waals surface area contributed by atoms with E-state index in [2.05, 4.69) is 27.0 Å². The molecule has 0 bridgehead atoms. The van der Waals surface area contributed by atoms with E-state index in [4.69, 9.17) is 4.98 Å². The first kappa shape index (κ1) is 23.4. The van der Waals surface area contributed by atoms with Crippen LogP contribution in [-0.2, 0) is 0 Å². The number of halogens is 1. The van der Waals surface area contributed by atoms with E-state index in [9.17, 15) is 4.39 Å². The number of nitrogens with zero attached hydrogens (tertiary/aromatic N) is 4. The van der Waals surface area contributed by atoms with Crippen molar-refractivity contribution in [1.29, 1.82) is 0 Å². The van der Waals surface area contributed by atoms with Crippen molar-refractivity contribution in [2.75, 3.05) is 18.1 Å². The first-order valence-corrected chi connectivity index (χ1v) is 13.3. The van der Waals surface area contributed by atoms with Crippen molar-refractivity contribution in [2.45, 2.75) is 44.9 Å². The predicted octanol–water partition coefficient (Wildman–Crippen LogP) is 6.47. The third kappa shape index (κ3) is 5.77. The molecule has 1 aliphatic rings. The van der Waals surface area contributed by atoms with Crippen LogP contribution in [0, 0.1) is 0 Å². The number of H-pyrrole nitrogens is 1. The molecule has 1 N–H and O–H groups in total. The van der Waals surface area contributed by atoms with Crippen molar-refractivity contribution in [3.8, 4) is 0 Å². The third-order valence-corrected chi connectivity index (χ3v) is 7.66. The molecule has 0 radical (unpaired) electrons. The minimum Gasteiger partial charge on any atom is -0.346 e. The summed E-state index contributed by atoms with van der Waals surface area (Å²) in [5.41, 5.74) is 3.94. The maximum Gasteiger partial charge on any atom is 0.164 e. The topological polar surface area (TPSA) is 58.3 Å². The molecule has 0 saturated carbocycles. The number of aliphatic imine (C=N–C) groups is 1. The maximum absolute atomic E-state index is 14.0. The molecule has 5 nitrogen and oxygen atoms in total. The molecule has 2 unspecified atom stereocenters. The molecule has 1 aliphatic heterocycles. The molecular formula is C26H32FN5S. The van der Waals surface area contributed by atoms with Crippen LogP contribution < -0.4 is 0 Å². The highest BCUT2D eigenvalue weighted by Crippen LogP contribution is 2.35. The van der Waals surface area contributed by atoms with Gasteiger partial charge in [0.05, 0.1) is 18.4 Å². The molecule has 1 saturated heterocycles. The number of rotatable bonds is 8. The predicted molar refractivity (Wildman–Crippen MR) is 142 cm³/mol. The zero-order valence-corrected chi connectivity index (χ0v) is 20.0. The Bertz CT molecular complexity index is 1230. The van der Waals surface area contributed by atoms with E-state index < -0.39 is 0 Å². The van der Waals surface area contributed by atoms with Gasteiger partial charge in [0.1, 0.15) is 11.5 Å². The SMILES string of the molecule is C=S1CCCC(c2nc3c(/C=C/C/C=C(/F)C/C=C\CN=CC)cnn3c3[nH]ccc23)CC1. The van der Waals surface area contributed by atoms with E-state index in [-0.39, 0.29) is 16.3 Å². The van der Waals surface area contributed by atoms with Crippen LogP contribution in [0.3, 0.4) is 0 Å². The van der Waals surface area contributed by atoms with Gasteiger partial charge in [-0.25, -0.2) is 9.37 Å². The number of allylic oxidation sites excluding steroid dienone is 4. The van der Waals surface area contributed by atoms with Gasteiger partial charge in [0.15, 0.2) is 5.65 Å². The van der Waals surface area contributed by atoms with E-state index in [0.29, 0.717) is 25.3 Å². The van der Waals surface area contributed by atoms with Crippen molar-refractivity contribution in [3.05, 3.63) is 59.8 Å². The highest BCUT2D eigenvalue weighted by Gasteiger charge is 2.22. The third-order valence-electron chi connectivity index (χ3n) is 5.98. The second-order valence-corrected chi connectivity index (χ2v) is 10.3. The molecule has 3 aromatic rings. The molecule has 0 amide bonds. The maximum atomic E-state index is 14.0. The van der Waals surface area contributed by atoms with Crippen molar-refractivity contribution in [3.63, 3.8) is 0 Å². The number of aromatic nitrogens is 4. The van der Waals surface area contributed by atoms with Crippen LogP contribution in [0.1, 0.15) is 56.2 Å². The van der Waals surface area contributed by atoms with Crippen LogP contribution in [0.15, 0.2) is 53.6 Å². The van der Waals surface area contributed by atoms with Crippen LogP contribution >= 0.6 is 10.5 Å². The Morgan fingerprint density at radius 1 is 1.33 bits per heavy atom. The average molecular weight is 466 g/mol. The van der Waals surface area contributed by atoms with E-state index in [1.165, 1.54) is 17.9 Å². The van der Waals surface area contributed by atoms with Crippen LogP contribution in [0.25, 0.3) is 22.8 Å². The van der Waals surface area contributed by atoms with Gasteiger partial charge in [-0.05, 0) is 62.5 Å². The molecule has 0 aromatic carbocycles. The van der Waals surface area contributed by atoms with E-state index in [1.54, 1.807) is 12.3 Å². The van der Waals surface area contributed by atoms with Gasteiger partial charge in [-0.3, -0.25) is 4.99 Å². The summed E-state index contributed by atoms with van der Waals surface area (Å²) < 4.78 is 15.9. The molecule has 3 aromatic heterocycles. The summed E-state index contributed by atoms with van der Waals surface area (Å²) in [5, 5.41) is 5.72. The highest BCUT2D eigenvalue weighted by molar-refractivity contribution is 8.14. The van der Waals surface area contributed by atoms with Gasteiger partial charge in [0.25, 0.3) is 0 Å². The van der Waals surface area contributed by atoms with Crippen LogP contribution in [0.4, 0.5) is 4.39 Å². The quantitative estimate of drug-likeness (QED) is 0.235. The standard InChI is InChI=1S/C26H32FN5S/c1-3-28-15-7-6-12-22(27)11-5-4-9-21-19-30-32-25(21)31-24(23-13-16-29-26(23)32)20-10-8-17-33(2)18-14-20/h3-4,6-7,9,11,13,16,19-20,29H,2,5,8,10,12,14-15,17-18H2,1H3/b7-6-,9-4+,22-11+,28-3?. The lowest BCUT2D eigenvalue weighted by molar-refractivity contribution is 0.602. The monoisotopic (exact) mass is 465 g/mol. The van der Waals surface area contributed by atoms with Crippen LogP contribution in [0.2, 0.25) is 0 Å². The van der Waals surface area contributed by atoms with E-state index >= 15 is 0 Å². The second kappa shape index (κ2) is 11.4. The van der Waals surface area contributed by atoms with Gasteiger partial charge < -0.3 is 4.98 Å². The smallest absolute Gasteiger partial charge is 0.164 e. The highest BCUT2D eigenvalue weighted by atomic mass is 32.2. The molecular weight excluding hydrogens is 433 g/mol. The molecule has 0 aliphatic carbocycles. The first-order valence-electron chi connectivity index (χ1n) is 11.6. The van der Waals surface area contributed by atoms with Gasteiger partial charge in [-0.2, -0.15) is 20.1 Å². The van der Waals surface area contributed by atoms with Crippen LogP contribution in [-0.4, -0.2) is 49.7 Å². The fraction of sp³-hybridized carbons (Fsp3) is 0.385. The molecule has 33 heavy (non-hydrogen) atoms. The average Bonchev–Trinajstić information content (AvgIpc) is 3.40. The molecule has 2 atom stereocenters. The number of hydrogen-bond acceptors (Lipinski definition) is 3. The Morgan fingerprint density at radius 3 is 3.12 bits per heavy atom. The van der Waals surface area contributed by atoms with Gasteiger partial charge >= 0.3 is 0 Å². The minimum absolute atomic E-state index is 0.137. The zero-order chi connectivity index (χ0) is 23.0. The fourth-order valence-corrected chi connectivity index (χ4v) is 5.65. The largest absolute Gasteiger partial charge is 0.346 e. The lowest BCUT2D eigenvalue weighted by Gasteiger charge is -2.15. The summed E-state index contributed by atoms with van der Waals surface area (Å²) in [6, 6.07) is 2.11. The lowest BCUT2D eigenvalue weighted by Crippen LogP contribution is -2.06. The Hall–Kier alpha value is -2.80. The van der Waals surface area contributed by atoms with Crippen molar-refractivity contribution >= 4 is 45.3 Å². The molecule has 7 heteroatoms. The summed E-state index contributed by atoms with van der Waals surface area (Å²) in [6.07, 6.45) is 19.1. The van der Waals surface area contributed by atoms with Gasteiger partial charge in [0, 0.05) is 29.5 Å². The van der Waals surface area contributed by atoms with E-state index in [0.717, 1.165) is 40.8 Å². The summed E-state index contributed by atoms with van der Waals surface area (Å²) >= 11 is 0. The fourth-order valence-electron chi connectivity index (χ4n) is 4.25. The van der Waals surface area contributed by atoms with Gasteiger partial charge in [-0.1, -0.05) is 30.2 Å². The summed E-state index contributed by atoms with van der Waals surface area (Å²) in [5.74, 6) is 7.03. The van der Waals surface area contributed by atoms with Crippen molar-refractivity contribution in [2.24, 2.45) is 4.99 Å². The zero-order valence-electron chi connectivity index (χ0n) is 19.2. The summed E-state index contributed by atoms with van der Waals surface area (Å²) in [4.78, 5) is 12.5. The molecule has 1 fully saturated rings. The molecule has 4 heterocycles. The van der Waals surface area contributed by atoms with E-state index in [1.807, 2.05) is 48.1 Å². The van der Waals surface area contributed by atoms with Crippen molar-refractivity contribution < 1.29 is 4.39 Å². The Morgan fingerprint density at radius 2 is 2.24 bits per heavy atom. The molecule has 0 spiro atoms. The second-order valence-electron chi connectivity index (χ2n) is 8.31. The van der Waals surface area contributed by atoms with Gasteiger partial charge in [0.2, 0.25) is 0 Å². The summed E-state index contributed by atoms with van der Waals surface area (Å²) in [6.45, 7) is 2.47. The van der Waals surface area contributed by atoms with Crippen LogP contribution in [0.5, 0.6) is 0 Å².